The molecular formula is C15H23NO. The summed E-state index contributed by atoms with van der Waals surface area (Å²) >= 11 is 0. The maximum atomic E-state index is 10.1. The largest absolute Gasteiger partial charge is 0.388 e. The van der Waals surface area contributed by atoms with Crippen LogP contribution in [0.5, 0.6) is 0 Å². The highest BCUT2D eigenvalue weighted by molar-refractivity contribution is 5.55. The normalized spacial score (nSPS) is 20.6. The van der Waals surface area contributed by atoms with Gasteiger partial charge in [-0.1, -0.05) is 39.0 Å². The van der Waals surface area contributed by atoms with Crippen LogP contribution in [0.4, 0.5) is 5.69 Å². The third-order valence-corrected chi connectivity index (χ3v) is 3.70. The molecule has 1 heterocycles. The van der Waals surface area contributed by atoms with E-state index in [1.807, 2.05) is 13.0 Å². The molecule has 1 aromatic rings. The van der Waals surface area contributed by atoms with Crippen molar-refractivity contribution in [3.05, 3.63) is 29.8 Å². The van der Waals surface area contributed by atoms with Crippen LogP contribution >= 0.6 is 0 Å². The van der Waals surface area contributed by atoms with Gasteiger partial charge < -0.3 is 10.0 Å². The Labute approximate surface area is 104 Å². The van der Waals surface area contributed by atoms with Crippen molar-refractivity contribution in [3.63, 3.8) is 0 Å². The zero-order chi connectivity index (χ0) is 12.5. The molecule has 0 aromatic heterocycles. The standard InChI is InChI=1S/C15H23NO/c1-4-14(17)12-7-5-6-8-13(12)16-10-9-15(2,3)11-16/h5-8,14,17H,4,9-11H2,1-3H3. The highest BCUT2D eigenvalue weighted by Gasteiger charge is 2.30. The van der Waals surface area contributed by atoms with Crippen LogP contribution < -0.4 is 4.90 Å². The summed E-state index contributed by atoms with van der Waals surface area (Å²) in [7, 11) is 0. The Kier molecular flexibility index (Phi) is 3.43. The molecule has 0 aliphatic carbocycles. The lowest BCUT2D eigenvalue weighted by atomic mass is 9.93. The third kappa shape index (κ3) is 2.63. The average Bonchev–Trinajstić information content (AvgIpc) is 2.68. The molecule has 0 bridgehead atoms. The van der Waals surface area contributed by atoms with E-state index in [9.17, 15) is 5.11 Å². The second kappa shape index (κ2) is 4.69. The number of para-hydroxylation sites is 1. The maximum Gasteiger partial charge on any atom is 0.0807 e. The summed E-state index contributed by atoms with van der Waals surface area (Å²) in [5, 5.41) is 10.1. The molecule has 94 valence electrons. The Morgan fingerprint density at radius 2 is 2.06 bits per heavy atom. The lowest BCUT2D eigenvalue weighted by molar-refractivity contribution is 0.174. The van der Waals surface area contributed by atoms with Crippen LogP contribution in [0.3, 0.4) is 0 Å². The van der Waals surface area contributed by atoms with E-state index in [4.69, 9.17) is 0 Å². The van der Waals surface area contributed by atoms with Crippen LogP contribution in [0.15, 0.2) is 24.3 Å². The summed E-state index contributed by atoms with van der Waals surface area (Å²) in [6.07, 6.45) is 1.66. The first-order chi connectivity index (χ1) is 8.03. The van der Waals surface area contributed by atoms with Gasteiger partial charge in [0.05, 0.1) is 6.10 Å². The number of rotatable bonds is 3. The minimum atomic E-state index is -0.338. The molecule has 0 radical (unpaired) electrons. The molecule has 1 aliphatic heterocycles. The molecule has 0 spiro atoms. The minimum absolute atomic E-state index is 0.338. The van der Waals surface area contributed by atoms with Gasteiger partial charge in [0.2, 0.25) is 0 Å². The van der Waals surface area contributed by atoms with Crippen LogP contribution in [0.2, 0.25) is 0 Å². The molecule has 1 atom stereocenters. The molecule has 0 saturated carbocycles. The van der Waals surface area contributed by atoms with E-state index in [1.165, 1.54) is 12.1 Å². The van der Waals surface area contributed by atoms with Gasteiger partial charge in [0.1, 0.15) is 0 Å². The molecule has 1 aromatic carbocycles. The number of anilines is 1. The van der Waals surface area contributed by atoms with E-state index in [0.717, 1.165) is 25.1 Å². The fraction of sp³-hybridized carbons (Fsp3) is 0.600. The van der Waals surface area contributed by atoms with Crippen molar-refractivity contribution >= 4 is 5.69 Å². The van der Waals surface area contributed by atoms with Gasteiger partial charge in [0.15, 0.2) is 0 Å². The first kappa shape index (κ1) is 12.4. The molecule has 1 aliphatic rings. The SMILES string of the molecule is CCC(O)c1ccccc1N1CCC(C)(C)C1. The Morgan fingerprint density at radius 3 is 2.65 bits per heavy atom. The summed E-state index contributed by atoms with van der Waals surface area (Å²) in [4.78, 5) is 2.41. The molecule has 0 amide bonds. The molecule has 1 fully saturated rings. The number of aliphatic hydroxyl groups excluding tert-OH is 1. The van der Waals surface area contributed by atoms with Crippen molar-refractivity contribution in [2.75, 3.05) is 18.0 Å². The van der Waals surface area contributed by atoms with Crippen LogP contribution in [0.25, 0.3) is 0 Å². The predicted octanol–water partition coefficient (Wildman–Crippen LogP) is 3.37. The van der Waals surface area contributed by atoms with E-state index in [0.29, 0.717) is 5.41 Å². The van der Waals surface area contributed by atoms with Gasteiger partial charge in [-0.2, -0.15) is 0 Å². The predicted molar refractivity (Wildman–Crippen MR) is 72.3 cm³/mol. The molecule has 1 saturated heterocycles. The minimum Gasteiger partial charge on any atom is -0.388 e. The smallest absolute Gasteiger partial charge is 0.0807 e. The lowest BCUT2D eigenvalue weighted by Gasteiger charge is -2.25. The van der Waals surface area contributed by atoms with Gasteiger partial charge in [-0.15, -0.1) is 0 Å². The van der Waals surface area contributed by atoms with Crippen molar-refractivity contribution in [3.8, 4) is 0 Å². The fourth-order valence-corrected chi connectivity index (χ4v) is 2.60. The zero-order valence-electron chi connectivity index (χ0n) is 11.1. The molecule has 1 unspecified atom stereocenters. The van der Waals surface area contributed by atoms with Gasteiger partial charge in [0.25, 0.3) is 0 Å². The second-order valence-electron chi connectivity index (χ2n) is 5.82. The summed E-state index contributed by atoms with van der Waals surface area (Å²) < 4.78 is 0. The van der Waals surface area contributed by atoms with E-state index in [2.05, 4.69) is 36.9 Å². The number of benzene rings is 1. The van der Waals surface area contributed by atoms with E-state index in [1.54, 1.807) is 0 Å². The Balaban J connectivity index is 2.27. The first-order valence-corrected chi connectivity index (χ1v) is 6.55. The first-order valence-electron chi connectivity index (χ1n) is 6.55. The molecule has 2 nitrogen and oxygen atoms in total. The van der Waals surface area contributed by atoms with Gasteiger partial charge in [-0.05, 0) is 24.3 Å². The summed E-state index contributed by atoms with van der Waals surface area (Å²) in [5.74, 6) is 0. The van der Waals surface area contributed by atoms with E-state index < -0.39 is 0 Å². The van der Waals surface area contributed by atoms with Gasteiger partial charge >= 0.3 is 0 Å². The van der Waals surface area contributed by atoms with Crippen molar-refractivity contribution in [2.24, 2.45) is 5.41 Å². The molecular weight excluding hydrogens is 210 g/mol. The Morgan fingerprint density at radius 1 is 1.35 bits per heavy atom. The summed E-state index contributed by atoms with van der Waals surface area (Å²) in [6.45, 7) is 8.83. The van der Waals surface area contributed by atoms with Crippen LogP contribution in [-0.4, -0.2) is 18.2 Å². The average molecular weight is 233 g/mol. The van der Waals surface area contributed by atoms with Crippen molar-refractivity contribution in [2.45, 2.75) is 39.7 Å². The highest BCUT2D eigenvalue weighted by Crippen LogP contribution is 2.36. The van der Waals surface area contributed by atoms with Gasteiger partial charge in [-0.3, -0.25) is 0 Å². The Bertz CT molecular complexity index is 386. The topological polar surface area (TPSA) is 23.5 Å². The number of hydrogen-bond donors (Lipinski definition) is 1. The molecule has 2 heteroatoms. The van der Waals surface area contributed by atoms with Gasteiger partial charge in [0, 0.05) is 24.3 Å². The highest BCUT2D eigenvalue weighted by atomic mass is 16.3. The summed E-state index contributed by atoms with van der Waals surface area (Å²) in [5.41, 5.74) is 2.68. The second-order valence-corrected chi connectivity index (χ2v) is 5.82. The molecule has 17 heavy (non-hydrogen) atoms. The van der Waals surface area contributed by atoms with Crippen LogP contribution in [-0.2, 0) is 0 Å². The fourth-order valence-electron chi connectivity index (χ4n) is 2.60. The monoisotopic (exact) mass is 233 g/mol. The number of nitrogens with zero attached hydrogens (tertiary/aromatic N) is 1. The van der Waals surface area contributed by atoms with Crippen molar-refractivity contribution < 1.29 is 5.11 Å². The zero-order valence-corrected chi connectivity index (χ0v) is 11.1. The third-order valence-electron chi connectivity index (χ3n) is 3.70. The van der Waals surface area contributed by atoms with Crippen LogP contribution in [0.1, 0.15) is 45.3 Å². The number of hydrogen-bond acceptors (Lipinski definition) is 2. The van der Waals surface area contributed by atoms with Gasteiger partial charge in [-0.25, -0.2) is 0 Å². The van der Waals surface area contributed by atoms with Crippen LogP contribution in [0, 0.1) is 5.41 Å². The van der Waals surface area contributed by atoms with Crippen molar-refractivity contribution in [1.29, 1.82) is 0 Å². The molecule has 2 rings (SSSR count). The number of aliphatic hydroxyl groups is 1. The summed E-state index contributed by atoms with van der Waals surface area (Å²) in [6, 6.07) is 8.26. The van der Waals surface area contributed by atoms with E-state index >= 15 is 0 Å². The van der Waals surface area contributed by atoms with Crippen molar-refractivity contribution in [1.82, 2.24) is 0 Å². The quantitative estimate of drug-likeness (QED) is 0.865. The molecule has 1 N–H and O–H groups in total. The lowest BCUT2D eigenvalue weighted by Crippen LogP contribution is -2.24. The maximum absolute atomic E-state index is 10.1. The Hall–Kier alpha value is -1.02. The van der Waals surface area contributed by atoms with E-state index in [-0.39, 0.29) is 6.10 Å².